The number of unbranched alkanes of at least 4 members (excludes halogenated alkanes) is 1. The van der Waals surface area contributed by atoms with Crippen LogP contribution in [0.2, 0.25) is 0 Å². The zero-order valence-corrected chi connectivity index (χ0v) is 18.9. The van der Waals surface area contributed by atoms with E-state index in [1.807, 2.05) is 6.92 Å². The smallest absolute Gasteiger partial charge is 0.259 e. The molecule has 2 amide bonds. The first-order valence-electron chi connectivity index (χ1n) is 10.7. The van der Waals surface area contributed by atoms with Gasteiger partial charge < -0.3 is 10.2 Å². The SMILES string of the molecule is CCCCNC(=O)c1ccc2c(c1)N(Cc1ccccc1F)C(=O)c1ccccc1S2(=O)=O. The van der Waals surface area contributed by atoms with Gasteiger partial charge in [-0.1, -0.05) is 43.7 Å². The number of hydrogen-bond donors (Lipinski definition) is 1. The van der Waals surface area contributed by atoms with Crippen LogP contribution in [-0.2, 0) is 16.4 Å². The molecule has 6 nitrogen and oxygen atoms in total. The van der Waals surface area contributed by atoms with Crippen molar-refractivity contribution < 1.29 is 22.4 Å². The van der Waals surface area contributed by atoms with Crippen molar-refractivity contribution in [3.63, 3.8) is 0 Å². The Bertz CT molecular complexity index is 1340. The van der Waals surface area contributed by atoms with Crippen LogP contribution in [0.4, 0.5) is 10.1 Å². The van der Waals surface area contributed by atoms with Gasteiger partial charge in [0.2, 0.25) is 9.84 Å². The molecule has 0 spiro atoms. The van der Waals surface area contributed by atoms with E-state index in [0.717, 1.165) is 12.8 Å². The van der Waals surface area contributed by atoms with E-state index in [2.05, 4.69) is 5.32 Å². The van der Waals surface area contributed by atoms with Gasteiger partial charge >= 0.3 is 0 Å². The van der Waals surface area contributed by atoms with Gasteiger partial charge in [0, 0.05) is 17.7 Å². The molecule has 8 heteroatoms. The highest BCUT2D eigenvalue weighted by molar-refractivity contribution is 7.91. The zero-order chi connectivity index (χ0) is 23.6. The molecule has 0 saturated carbocycles. The number of fused-ring (bicyclic) bond motifs is 2. The third kappa shape index (κ3) is 4.26. The van der Waals surface area contributed by atoms with Crippen LogP contribution >= 0.6 is 0 Å². The predicted octanol–water partition coefficient (Wildman–Crippen LogP) is 4.35. The largest absolute Gasteiger partial charge is 0.352 e. The number of anilines is 1. The maximum atomic E-state index is 14.5. The van der Waals surface area contributed by atoms with Crippen molar-refractivity contribution >= 4 is 27.3 Å². The molecule has 0 aliphatic carbocycles. The Morgan fingerprint density at radius 2 is 1.73 bits per heavy atom. The Morgan fingerprint density at radius 3 is 2.48 bits per heavy atom. The molecule has 170 valence electrons. The number of carbonyl (C=O) groups excluding carboxylic acids is 2. The number of nitrogens with zero attached hydrogens (tertiary/aromatic N) is 1. The third-order valence-electron chi connectivity index (χ3n) is 5.56. The van der Waals surface area contributed by atoms with Crippen LogP contribution in [0, 0.1) is 5.82 Å². The van der Waals surface area contributed by atoms with Gasteiger partial charge in [-0.25, -0.2) is 12.8 Å². The molecule has 1 heterocycles. The Morgan fingerprint density at radius 1 is 1.00 bits per heavy atom. The second kappa shape index (κ2) is 9.15. The molecule has 0 unspecified atom stereocenters. The summed E-state index contributed by atoms with van der Waals surface area (Å²) in [6.07, 6.45) is 1.71. The number of hydrogen-bond acceptors (Lipinski definition) is 4. The highest BCUT2D eigenvalue weighted by atomic mass is 32.2. The van der Waals surface area contributed by atoms with Crippen LogP contribution < -0.4 is 10.2 Å². The third-order valence-corrected chi connectivity index (χ3v) is 7.42. The average molecular weight is 467 g/mol. The molecule has 3 aromatic carbocycles. The summed E-state index contributed by atoms with van der Waals surface area (Å²) >= 11 is 0. The second-order valence-electron chi connectivity index (χ2n) is 7.77. The summed E-state index contributed by atoms with van der Waals surface area (Å²) in [5.74, 6) is -1.47. The molecule has 0 aromatic heterocycles. The Hall–Kier alpha value is -3.52. The molecule has 4 rings (SSSR count). The van der Waals surface area contributed by atoms with Crippen molar-refractivity contribution in [3.05, 3.63) is 89.2 Å². The minimum atomic E-state index is -4.06. The highest BCUT2D eigenvalue weighted by Gasteiger charge is 2.36. The van der Waals surface area contributed by atoms with E-state index < -0.39 is 21.6 Å². The first kappa shape index (κ1) is 22.7. The maximum absolute atomic E-state index is 14.5. The van der Waals surface area contributed by atoms with E-state index in [-0.39, 0.29) is 44.6 Å². The number of sulfone groups is 1. The maximum Gasteiger partial charge on any atom is 0.259 e. The fourth-order valence-electron chi connectivity index (χ4n) is 3.78. The van der Waals surface area contributed by atoms with Crippen molar-refractivity contribution in [2.24, 2.45) is 0 Å². The highest BCUT2D eigenvalue weighted by Crippen LogP contribution is 2.38. The first-order valence-corrected chi connectivity index (χ1v) is 12.1. The molecule has 33 heavy (non-hydrogen) atoms. The monoisotopic (exact) mass is 466 g/mol. The van der Waals surface area contributed by atoms with E-state index in [4.69, 9.17) is 0 Å². The van der Waals surface area contributed by atoms with Crippen molar-refractivity contribution in [1.29, 1.82) is 0 Å². The summed E-state index contributed by atoms with van der Waals surface area (Å²) in [5, 5.41) is 2.79. The van der Waals surface area contributed by atoms with Gasteiger partial charge in [0.1, 0.15) is 5.82 Å². The minimum absolute atomic E-state index is 0.000938. The number of halogens is 1. The lowest BCUT2D eigenvalue weighted by Crippen LogP contribution is -2.31. The Balaban J connectivity index is 1.88. The van der Waals surface area contributed by atoms with E-state index in [0.29, 0.717) is 6.54 Å². The molecule has 0 radical (unpaired) electrons. The summed E-state index contributed by atoms with van der Waals surface area (Å²) in [6.45, 7) is 2.29. The summed E-state index contributed by atoms with van der Waals surface area (Å²) in [4.78, 5) is 27.2. The number of amides is 2. The Kier molecular flexibility index (Phi) is 6.29. The van der Waals surface area contributed by atoms with Gasteiger partial charge in [0.15, 0.2) is 0 Å². The molecule has 1 aliphatic rings. The molecular formula is C25H23FN2O4S. The van der Waals surface area contributed by atoms with Crippen molar-refractivity contribution in [2.75, 3.05) is 11.4 Å². The standard InChI is InChI=1S/C25H23FN2O4S/c1-2-3-14-27-24(29)17-12-13-23-21(15-17)28(16-18-8-4-6-10-20(18)26)25(30)19-9-5-7-11-22(19)33(23,31)32/h4-13,15H,2-3,14,16H2,1H3,(H,27,29). The lowest BCUT2D eigenvalue weighted by Gasteiger charge is -2.23. The minimum Gasteiger partial charge on any atom is -0.352 e. The van der Waals surface area contributed by atoms with Crippen molar-refractivity contribution in [2.45, 2.75) is 36.1 Å². The van der Waals surface area contributed by atoms with Gasteiger partial charge in [-0.15, -0.1) is 0 Å². The number of carbonyl (C=O) groups is 2. The van der Waals surface area contributed by atoms with E-state index in [1.165, 1.54) is 53.4 Å². The van der Waals surface area contributed by atoms with Gasteiger partial charge in [0.25, 0.3) is 11.8 Å². The lowest BCUT2D eigenvalue weighted by atomic mass is 10.1. The predicted molar refractivity (Wildman–Crippen MR) is 122 cm³/mol. The summed E-state index contributed by atoms with van der Waals surface area (Å²) in [5.41, 5.74) is 0.491. The zero-order valence-electron chi connectivity index (χ0n) is 18.0. The average Bonchev–Trinajstić information content (AvgIpc) is 2.88. The van der Waals surface area contributed by atoms with Crippen LogP contribution in [0.15, 0.2) is 76.5 Å². The van der Waals surface area contributed by atoms with Crippen LogP contribution in [0.5, 0.6) is 0 Å². The van der Waals surface area contributed by atoms with Crippen LogP contribution in [0.25, 0.3) is 0 Å². The molecule has 0 fully saturated rings. The second-order valence-corrected chi connectivity index (χ2v) is 9.66. The Labute approximate surface area is 192 Å². The van der Waals surface area contributed by atoms with Crippen molar-refractivity contribution in [3.8, 4) is 0 Å². The van der Waals surface area contributed by atoms with Gasteiger partial charge in [0.05, 0.1) is 27.6 Å². The normalized spacial score (nSPS) is 14.2. The first-order chi connectivity index (χ1) is 15.8. The topological polar surface area (TPSA) is 83.6 Å². The number of benzene rings is 3. The molecule has 0 atom stereocenters. The van der Waals surface area contributed by atoms with E-state index >= 15 is 0 Å². The van der Waals surface area contributed by atoms with Crippen LogP contribution in [0.3, 0.4) is 0 Å². The van der Waals surface area contributed by atoms with Gasteiger partial charge in [-0.3, -0.25) is 9.59 Å². The molecule has 1 N–H and O–H groups in total. The fourth-order valence-corrected chi connectivity index (χ4v) is 5.41. The summed E-state index contributed by atoms with van der Waals surface area (Å²) < 4.78 is 41.4. The van der Waals surface area contributed by atoms with Crippen LogP contribution in [0.1, 0.15) is 46.0 Å². The quantitative estimate of drug-likeness (QED) is 0.548. The van der Waals surface area contributed by atoms with Gasteiger partial charge in [-0.2, -0.15) is 0 Å². The molecular weight excluding hydrogens is 443 g/mol. The van der Waals surface area contributed by atoms with Crippen molar-refractivity contribution in [1.82, 2.24) is 5.32 Å². The fraction of sp³-hybridized carbons (Fsp3) is 0.200. The molecule has 0 saturated heterocycles. The number of nitrogens with one attached hydrogen (secondary N) is 1. The molecule has 3 aromatic rings. The van der Waals surface area contributed by atoms with Crippen LogP contribution in [-0.4, -0.2) is 26.8 Å². The lowest BCUT2D eigenvalue weighted by molar-refractivity contribution is 0.0949. The summed E-state index contributed by atoms with van der Waals surface area (Å²) in [7, 11) is -4.06. The van der Waals surface area contributed by atoms with E-state index in [9.17, 15) is 22.4 Å². The number of rotatable bonds is 6. The van der Waals surface area contributed by atoms with E-state index in [1.54, 1.807) is 18.2 Å². The molecule has 1 aliphatic heterocycles. The summed E-state index contributed by atoms with van der Waals surface area (Å²) in [6, 6.07) is 16.1. The van der Waals surface area contributed by atoms with Gasteiger partial charge in [-0.05, 0) is 42.8 Å². The molecule has 0 bridgehead atoms.